The van der Waals surface area contributed by atoms with E-state index in [1.165, 1.54) is 0 Å². The molecule has 3 rings (SSSR count). The minimum absolute atomic E-state index is 0.249. The van der Waals surface area contributed by atoms with Gasteiger partial charge in [-0.15, -0.1) is 0 Å². The Labute approximate surface area is 143 Å². The summed E-state index contributed by atoms with van der Waals surface area (Å²) in [7, 11) is 1.99. The SMILES string of the molecule is CNC1CCN(C(=O)CCCc2ncc(-c3ccccc3)o2)CC1. The van der Waals surface area contributed by atoms with E-state index in [4.69, 9.17) is 4.42 Å². The Bertz CT molecular complexity index is 646. The van der Waals surface area contributed by atoms with Crippen LogP contribution in [0, 0.1) is 0 Å². The largest absolute Gasteiger partial charge is 0.441 e. The van der Waals surface area contributed by atoms with Crippen molar-refractivity contribution in [3.63, 3.8) is 0 Å². The zero-order valence-electron chi connectivity index (χ0n) is 14.2. The first-order chi connectivity index (χ1) is 11.8. The van der Waals surface area contributed by atoms with Crippen LogP contribution in [0.25, 0.3) is 11.3 Å². The molecule has 1 fully saturated rings. The van der Waals surface area contributed by atoms with Crippen molar-refractivity contribution in [1.29, 1.82) is 0 Å². The molecule has 0 radical (unpaired) electrons. The summed E-state index contributed by atoms with van der Waals surface area (Å²) in [5.74, 6) is 1.74. The smallest absolute Gasteiger partial charge is 0.222 e. The average molecular weight is 327 g/mol. The van der Waals surface area contributed by atoms with Gasteiger partial charge >= 0.3 is 0 Å². The number of benzene rings is 1. The summed E-state index contributed by atoms with van der Waals surface area (Å²) in [6.45, 7) is 1.73. The first kappa shape index (κ1) is 16.7. The summed E-state index contributed by atoms with van der Waals surface area (Å²) < 4.78 is 5.78. The highest BCUT2D eigenvalue weighted by Gasteiger charge is 2.21. The molecule has 24 heavy (non-hydrogen) atoms. The number of piperidine rings is 1. The quantitative estimate of drug-likeness (QED) is 0.886. The summed E-state index contributed by atoms with van der Waals surface area (Å²) >= 11 is 0. The number of hydrogen-bond acceptors (Lipinski definition) is 4. The van der Waals surface area contributed by atoms with Gasteiger partial charge in [0.15, 0.2) is 11.7 Å². The van der Waals surface area contributed by atoms with Gasteiger partial charge in [0.05, 0.1) is 6.20 Å². The van der Waals surface area contributed by atoms with E-state index in [0.717, 1.165) is 43.7 Å². The molecule has 0 aliphatic carbocycles. The lowest BCUT2D eigenvalue weighted by Gasteiger charge is -2.31. The molecule has 128 valence electrons. The first-order valence-electron chi connectivity index (χ1n) is 8.71. The molecule has 0 spiro atoms. The highest BCUT2D eigenvalue weighted by molar-refractivity contribution is 5.76. The Morgan fingerprint density at radius 1 is 1.29 bits per heavy atom. The van der Waals surface area contributed by atoms with E-state index in [2.05, 4.69) is 10.3 Å². The van der Waals surface area contributed by atoms with Crippen LogP contribution in [0.5, 0.6) is 0 Å². The van der Waals surface area contributed by atoms with Gasteiger partial charge in [0.2, 0.25) is 5.91 Å². The molecule has 0 atom stereocenters. The van der Waals surface area contributed by atoms with Crippen LogP contribution >= 0.6 is 0 Å². The van der Waals surface area contributed by atoms with Crippen LogP contribution in [0.4, 0.5) is 0 Å². The van der Waals surface area contributed by atoms with Crippen LogP contribution in [0.15, 0.2) is 40.9 Å². The van der Waals surface area contributed by atoms with Gasteiger partial charge in [-0.2, -0.15) is 0 Å². The third-order valence-electron chi connectivity index (χ3n) is 4.65. The minimum Gasteiger partial charge on any atom is -0.441 e. The molecule has 1 saturated heterocycles. The molecule has 0 bridgehead atoms. The third-order valence-corrected chi connectivity index (χ3v) is 4.65. The highest BCUT2D eigenvalue weighted by Crippen LogP contribution is 2.20. The van der Waals surface area contributed by atoms with Crippen molar-refractivity contribution >= 4 is 5.91 Å². The lowest BCUT2D eigenvalue weighted by atomic mass is 10.0. The second-order valence-corrected chi connectivity index (χ2v) is 6.28. The maximum atomic E-state index is 12.3. The Morgan fingerprint density at radius 3 is 2.75 bits per heavy atom. The highest BCUT2D eigenvalue weighted by atomic mass is 16.4. The fourth-order valence-electron chi connectivity index (χ4n) is 3.13. The lowest BCUT2D eigenvalue weighted by Crippen LogP contribution is -2.43. The molecule has 1 aromatic heterocycles. The van der Waals surface area contributed by atoms with Gasteiger partial charge in [-0.05, 0) is 26.3 Å². The Kier molecular flexibility index (Phi) is 5.64. The molecular weight excluding hydrogens is 302 g/mol. The summed E-state index contributed by atoms with van der Waals surface area (Å²) in [6, 6.07) is 10.5. The van der Waals surface area contributed by atoms with Gasteiger partial charge in [0.25, 0.3) is 0 Å². The second-order valence-electron chi connectivity index (χ2n) is 6.28. The van der Waals surface area contributed by atoms with Gasteiger partial charge < -0.3 is 14.6 Å². The summed E-state index contributed by atoms with van der Waals surface area (Å²) in [5, 5.41) is 3.29. The fraction of sp³-hybridized carbons (Fsp3) is 0.474. The van der Waals surface area contributed by atoms with Gasteiger partial charge in [-0.1, -0.05) is 30.3 Å². The topological polar surface area (TPSA) is 58.4 Å². The Balaban J connectivity index is 1.44. The summed E-state index contributed by atoms with van der Waals surface area (Å²) in [4.78, 5) is 18.6. The van der Waals surface area contributed by atoms with Crippen molar-refractivity contribution in [3.8, 4) is 11.3 Å². The number of nitrogens with zero attached hydrogens (tertiary/aromatic N) is 2. The molecule has 2 heterocycles. The monoisotopic (exact) mass is 327 g/mol. The van der Waals surface area contributed by atoms with Crippen LogP contribution in [0.2, 0.25) is 0 Å². The van der Waals surface area contributed by atoms with Crippen molar-refractivity contribution in [3.05, 3.63) is 42.4 Å². The molecule has 0 saturated carbocycles. The van der Waals surface area contributed by atoms with Crippen LogP contribution in [-0.2, 0) is 11.2 Å². The number of likely N-dealkylation sites (tertiary alicyclic amines) is 1. The van der Waals surface area contributed by atoms with Gasteiger partial charge in [-0.25, -0.2) is 4.98 Å². The zero-order chi connectivity index (χ0) is 16.8. The normalized spacial score (nSPS) is 15.6. The first-order valence-corrected chi connectivity index (χ1v) is 8.71. The zero-order valence-corrected chi connectivity index (χ0v) is 14.2. The van der Waals surface area contributed by atoms with Crippen molar-refractivity contribution in [1.82, 2.24) is 15.2 Å². The summed E-state index contributed by atoms with van der Waals surface area (Å²) in [5.41, 5.74) is 1.03. The third kappa shape index (κ3) is 4.23. The van der Waals surface area contributed by atoms with E-state index in [1.54, 1.807) is 6.20 Å². The number of carbonyl (C=O) groups is 1. The molecular formula is C19H25N3O2. The van der Waals surface area contributed by atoms with Crippen LogP contribution in [0.3, 0.4) is 0 Å². The number of hydrogen-bond donors (Lipinski definition) is 1. The molecule has 1 amide bonds. The van der Waals surface area contributed by atoms with Crippen molar-refractivity contribution in [2.45, 2.75) is 38.1 Å². The predicted molar refractivity (Wildman–Crippen MR) is 93.5 cm³/mol. The molecule has 2 aromatic rings. The molecule has 5 nitrogen and oxygen atoms in total. The Hall–Kier alpha value is -2.14. The number of aromatic nitrogens is 1. The number of aryl methyl sites for hydroxylation is 1. The molecule has 1 aliphatic heterocycles. The van der Waals surface area contributed by atoms with Gasteiger partial charge in [-0.3, -0.25) is 4.79 Å². The van der Waals surface area contributed by atoms with E-state index in [-0.39, 0.29) is 5.91 Å². The molecule has 1 aromatic carbocycles. The predicted octanol–water partition coefficient (Wildman–Crippen LogP) is 2.87. The molecule has 5 heteroatoms. The lowest BCUT2D eigenvalue weighted by molar-refractivity contribution is -0.132. The number of rotatable bonds is 6. The average Bonchev–Trinajstić information content (AvgIpc) is 3.11. The molecule has 1 aliphatic rings. The van der Waals surface area contributed by atoms with E-state index in [0.29, 0.717) is 24.8 Å². The van der Waals surface area contributed by atoms with Crippen LogP contribution < -0.4 is 5.32 Å². The van der Waals surface area contributed by atoms with Crippen molar-refractivity contribution < 1.29 is 9.21 Å². The van der Waals surface area contributed by atoms with Crippen molar-refractivity contribution in [2.24, 2.45) is 0 Å². The van der Waals surface area contributed by atoms with E-state index in [9.17, 15) is 4.79 Å². The maximum Gasteiger partial charge on any atom is 0.222 e. The van der Waals surface area contributed by atoms with Crippen LogP contribution in [-0.4, -0.2) is 42.0 Å². The number of nitrogens with one attached hydrogen (secondary N) is 1. The number of oxazole rings is 1. The van der Waals surface area contributed by atoms with Crippen LogP contribution in [0.1, 0.15) is 31.6 Å². The molecule has 1 N–H and O–H groups in total. The standard InChI is InChI=1S/C19H25N3O2/c1-20-16-10-12-22(13-11-16)19(23)9-5-8-18-21-14-17(24-18)15-6-3-2-4-7-15/h2-4,6-7,14,16,20H,5,8-13H2,1H3. The van der Waals surface area contributed by atoms with Crippen molar-refractivity contribution in [2.75, 3.05) is 20.1 Å². The fourth-order valence-corrected chi connectivity index (χ4v) is 3.13. The van der Waals surface area contributed by atoms with E-state index in [1.807, 2.05) is 42.3 Å². The number of amides is 1. The van der Waals surface area contributed by atoms with Gasteiger partial charge in [0.1, 0.15) is 0 Å². The molecule has 0 unspecified atom stereocenters. The Morgan fingerprint density at radius 2 is 2.04 bits per heavy atom. The second kappa shape index (κ2) is 8.11. The number of carbonyl (C=O) groups excluding carboxylic acids is 1. The summed E-state index contributed by atoms with van der Waals surface area (Å²) in [6.07, 6.45) is 5.89. The minimum atomic E-state index is 0.249. The maximum absolute atomic E-state index is 12.3. The van der Waals surface area contributed by atoms with Gasteiger partial charge in [0, 0.05) is 37.5 Å². The van der Waals surface area contributed by atoms with E-state index >= 15 is 0 Å². The van der Waals surface area contributed by atoms with E-state index < -0.39 is 0 Å².